The topological polar surface area (TPSA) is 18.5 Å². The second kappa shape index (κ2) is 18.1. The molecular formula is C7H16Cl2MgO2. The number of hydrogen-bond acceptors (Lipinski definition) is 2. The van der Waals surface area contributed by atoms with Crippen molar-refractivity contribution < 1.29 is 34.3 Å². The van der Waals surface area contributed by atoms with Gasteiger partial charge in [-0.1, -0.05) is 6.92 Å². The molecule has 0 radical (unpaired) electrons. The number of ether oxygens (including phenoxy) is 2. The zero-order valence-electron chi connectivity index (χ0n) is 7.98. The van der Waals surface area contributed by atoms with Gasteiger partial charge in [0.1, 0.15) is 0 Å². The van der Waals surface area contributed by atoms with E-state index >= 15 is 0 Å². The largest absolute Gasteiger partial charge is 2.00 e. The molecule has 72 valence electrons. The monoisotopic (exact) mass is 226 g/mol. The second-order valence-corrected chi connectivity index (χ2v) is 1.75. The molecule has 0 N–H and O–H groups in total. The summed E-state index contributed by atoms with van der Waals surface area (Å²) < 4.78 is 10.4. The van der Waals surface area contributed by atoms with Crippen molar-refractivity contribution in [1.29, 1.82) is 0 Å². The summed E-state index contributed by atoms with van der Waals surface area (Å²) in [5.74, 6) is 0. The predicted octanol–water partition coefficient (Wildman–Crippen LogP) is -4.58. The van der Waals surface area contributed by atoms with Crippen molar-refractivity contribution in [3.05, 3.63) is 0 Å². The molecule has 0 rings (SSSR count). The molecule has 0 unspecified atom stereocenters. The summed E-state index contributed by atoms with van der Waals surface area (Å²) in [6.07, 6.45) is 0.946. The van der Waals surface area contributed by atoms with E-state index in [-0.39, 0.29) is 54.2 Å². The minimum atomic E-state index is 0. The SMILES string of the molecule is CCOC(CC)OCC.[Cl-].[Cl-].[Mg+2]. The first-order chi connectivity index (χ1) is 4.35. The van der Waals surface area contributed by atoms with Gasteiger partial charge in [0.15, 0.2) is 6.29 Å². The molecule has 0 aliphatic carbocycles. The maximum atomic E-state index is 5.21. The molecule has 0 aromatic rings. The van der Waals surface area contributed by atoms with E-state index in [1.54, 1.807) is 0 Å². The first kappa shape index (κ1) is 23.2. The quantitative estimate of drug-likeness (QED) is 0.348. The zero-order chi connectivity index (χ0) is 7.11. The van der Waals surface area contributed by atoms with Crippen molar-refractivity contribution in [2.24, 2.45) is 0 Å². The molecule has 0 bridgehead atoms. The van der Waals surface area contributed by atoms with Gasteiger partial charge in [0, 0.05) is 13.2 Å². The van der Waals surface area contributed by atoms with Gasteiger partial charge in [-0.05, 0) is 20.3 Å². The molecule has 0 saturated carbocycles. The van der Waals surface area contributed by atoms with Gasteiger partial charge in [-0.15, -0.1) is 0 Å². The standard InChI is InChI=1S/C7H16O2.2ClH.Mg/c1-4-7(8-5-2)9-6-3;;;/h7H,4-6H2,1-3H3;2*1H;/q;;;+2/p-2. The minimum absolute atomic E-state index is 0. The molecule has 0 heterocycles. The average Bonchev–Trinajstić information content (AvgIpc) is 1.88. The number of rotatable bonds is 5. The van der Waals surface area contributed by atoms with E-state index in [0.717, 1.165) is 19.6 Å². The Bertz CT molecular complexity index is 61.4. The van der Waals surface area contributed by atoms with E-state index in [4.69, 9.17) is 9.47 Å². The van der Waals surface area contributed by atoms with Crippen molar-refractivity contribution in [1.82, 2.24) is 0 Å². The van der Waals surface area contributed by atoms with Gasteiger partial charge >= 0.3 is 23.1 Å². The van der Waals surface area contributed by atoms with E-state index in [1.807, 2.05) is 13.8 Å². The predicted molar refractivity (Wildman–Crippen MR) is 43.1 cm³/mol. The maximum Gasteiger partial charge on any atom is 2.00 e. The van der Waals surface area contributed by atoms with Crippen molar-refractivity contribution in [3.63, 3.8) is 0 Å². The molecule has 0 fully saturated rings. The van der Waals surface area contributed by atoms with Gasteiger partial charge in [-0.2, -0.15) is 0 Å². The van der Waals surface area contributed by atoms with Gasteiger partial charge in [0.05, 0.1) is 0 Å². The fraction of sp³-hybridized carbons (Fsp3) is 1.00. The third kappa shape index (κ3) is 13.8. The zero-order valence-corrected chi connectivity index (χ0v) is 10.9. The normalized spacial score (nSPS) is 8.00. The molecule has 0 aromatic carbocycles. The third-order valence-corrected chi connectivity index (χ3v) is 1.04. The van der Waals surface area contributed by atoms with E-state index < -0.39 is 0 Å². The molecule has 0 amide bonds. The Labute approximate surface area is 104 Å². The van der Waals surface area contributed by atoms with Crippen LogP contribution in [0.5, 0.6) is 0 Å². The first-order valence-corrected chi connectivity index (χ1v) is 3.58. The Morgan fingerprint density at radius 2 is 1.25 bits per heavy atom. The van der Waals surface area contributed by atoms with Crippen LogP contribution in [0.2, 0.25) is 0 Å². The average molecular weight is 227 g/mol. The maximum absolute atomic E-state index is 5.21. The molecule has 0 saturated heterocycles. The summed E-state index contributed by atoms with van der Waals surface area (Å²) in [5, 5.41) is 0. The van der Waals surface area contributed by atoms with Gasteiger partial charge in [0.2, 0.25) is 0 Å². The molecule has 0 aromatic heterocycles. The third-order valence-electron chi connectivity index (χ3n) is 1.04. The molecule has 0 aliphatic rings. The van der Waals surface area contributed by atoms with Crippen LogP contribution in [0.25, 0.3) is 0 Å². The van der Waals surface area contributed by atoms with Crippen molar-refractivity contribution >= 4 is 23.1 Å². The van der Waals surface area contributed by atoms with Crippen LogP contribution in [-0.4, -0.2) is 42.6 Å². The van der Waals surface area contributed by atoms with Crippen LogP contribution >= 0.6 is 0 Å². The summed E-state index contributed by atoms with van der Waals surface area (Å²) in [5.41, 5.74) is 0. The van der Waals surface area contributed by atoms with E-state index in [0.29, 0.717) is 0 Å². The van der Waals surface area contributed by atoms with Crippen LogP contribution < -0.4 is 24.8 Å². The van der Waals surface area contributed by atoms with Crippen LogP contribution in [-0.2, 0) is 9.47 Å². The summed E-state index contributed by atoms with van der Waals surface area (Å²) >= 11 is 0. The molecule has 5 heteroatoms. The van der Waals surface area contributed by atoms with Crippen LogP contribution in [0.3, 0.4) is 0 Å². The summed E-state index contributed by atoms with van der Waals surface area (Å²) in [4.78, 5) is 0. The van der Waals surface area contributed by atoms with E-state index in [1.165, 1.54) is 0 Å². The van der Waals surface area contributed by atoms with Gasteiger partial charge in [0.25, 0.3) is 0 Å². The van der Waals surface area contributed by atoms with Crippen LogP contribution in [0.4, 0.5) is 0 Å². The fourth-order valence-corrected chi connectivity index (χ4v) is 0.656. The van der Waals surface area contributed by atoms with Crippen molar-refractivity contribution in [2.45, 2.75) is 33.5 Å². The number of hydrogen-bond donors (Lipinski definition) is 0. The van der Waals surface area contributed by atoms with Gasteiger partial charge < -0.3 is 34.3 Å². The number of halogens is 2. The Hall–Kier alpha value is 1.27. The Kier molecular flexibility index (Phi) is 35.1. The van der Waals surface area contributed by atoms with Crippen LogP contribution in [0.1, 0.15) is 27.2 Å². The molecular weight excluding hydrogens is 211 g/mol. The summed E-state index contributed by atoms with van der Waals surface area (Å²) in [7, 11) is 0. The minimum Gasteiger partial charge on any atom is -1.00 e. The smallest absolute Gasteiger partial charge is 1.00 e. The van der Waals surface area contributed by atoms with Crippen molar-refractivity contribution in [2.75, 3.05) is 13.2 Å². The molecule has 12 heavy (non-hydrogen) atoms. The molecule has 2 nitrogen and oxygen atoms in total. The Morgan fingerprint density at radius 1 is 0.917 bits per heavy atom. The first-order valence-electron chi connectivity index (χ1n) is 3.58. The summed E-state index contributed by atoms with van der Waals surface area (Å²) in [6.45, 7) is 7.47. The van der Waals surface area contributed by atoms with Crippen LogP contribution in [0, 0.1) is 0 Å². The molecule has 0 spiro atoms. The molecule has 0 aliphatic heterocycles. The van der Waals surface area contributed by atoms with Crippen LogP contribution in [0.15, 0.2) is 0 Å². The Balaban J connectivity index is -0.000000107. The summed E-state index contributed by atoms with van der Waals surface area (Å²) in [6, 6.07) is 0. The van der Waals surface area contributed by atoms with Crippen molar-refractivity contribution in [3.8, 4) is 0 Å². The van der Waals surface area contributed by atoms with Gasteiger partial charge in [-0.25, -0.2) is 0 Å². The van der Waals surface area contributed by atoms with E-state index in [2.05, 4.69) is 6.92 Å². The molecule has 0 atom stereocenters. The van der Waals surface area contributed by atoms with Gasteiger partial charge in [-0.3, -0.25) is 0 Å². The van der Waals surface area contributed by atoms with E-state index in [9.17, 15) is 0 Å². The Morgan fingerprint density at radius 3 is 1.42 bits per heavy atom. The fourth-order valence-electron chi connectivity index (χ4n) is 0.656. The second-order valence-electron chi connectivity index (χ2n) is 1.75.